The molecule has 6 nitrogen and oxygen atoms in total. The first-order chi connectivity index (χ1) is 7.58. The molecule has 0 spiro atoms. The van der Waals surface area contributed by atoms with Gasteiger partial charge in [-0.2, -0.15) is 0 Å². The van der Waals surface area contributed by atoms with E-state index < -0.39 is 0 Å². The molecule has 1 aliphatic heterocycles. The summed E-state index contributed by atoms with van der Waals surface area (Å²) in [5.41, 5.74) is 11.6. The van der Waals surface area contributed by atoms with Crippen LogP contribution < -0.4 is 16.8 Å². The maximum absolute atomic E-state index is 10.0. The Kier molecular flexibility index (Phi) is 1.88. The Morgan fingerprint density at radius 3 is 2.81 bits per heavy atom. The molecule has 84 valence electrons. The summed E-state index contributed by atoms with van der Waals surface area (Å²) in [7, 11) is 0. The Bertz CT molecular complexity index is 548. The van der Waals surface area contributed by atoms with E-state index in [0.717, 1.165) is 11.3 Å². The van der Waals surface area contributed by atoms with E-state index in [1.807, 2.05) is 0 Å². The number of benzene rings is 1. The first kappa shape index (κ1) is 9.82. The zero-order valence-electron chi connectivity index (χ0n) is 7.89. The maximum Gasteiger partial charge on any atom is 0.181 e. The van der Waals surface area contributed by atoms with Gasteiger partial charge in [0, 0.05) is 0 Å². The lowest BCUT2D eigenvalue weighted by Gasteiger charge is -2.05. The zero-order valence-corrected chi connectivity index (χ0v) is 9.52. The molecule has 0 amide bonds. The highest BCUT2D eigenvalue weighted by Crippen LogP contribution is 2.53. The van der Waals surface area contributed by atoms with Crippen molar-refractivity contribution in [2.24, 2.45) is 5.73 Å². The molecule has 16 heavy (non-hydrogen) atoms. The molecule has 0 saturated carbocycles. The average Bonchev–Trinajstić information content (AvgIpc) is 2.78. The number of anilines is 2. The van der Waals surface area contributed by atoms with Crippen molar-refractivity contribution in [3.63, 3.8) is 0 Å². The average molecular weight is 256 g/mol. The third-order valence-electron chi connectivity index (χ3n) is 2.29. The van der Waals surface area contributed by atoms with Gasteiger partial charge in [-0.3, -0.25) is 0 Å². The van der Waals surface area contributed by atoms with Gasteiger partial charge < -0.3 is 27.0 Å². The number of hydrogen-bond acceptors (Lipinski definition) is 8. The number of nitrogens with one attached hydrogen (secondary N) is 1. The number of thioether (sulfide) groups is 1. The number of phenols is 2. The van der Waals surface area contributed by atoms with Crippen molar-refractivity contribution in [3.05, 3.63) is 0 Å². The minimum Gasteiger partial charge on any atom is -0.505 e. The normalized spacial score (nSPS) is 18.7. The number of thiazole rings is 1. The molecule has 1 aromatic carbocycles. The highest BCUT2D eigenvalue weighted by Gasteiger charge is 2.29. The topological polar surface area (TPSA) is 117 Å². The van der Waals surface area contributed by atoms with Crippen molar-refractivity contribution in [2.75, 3.05) is 11.1 Å². The highest BCUT2D eigenvalue weighted by molar-refractivity contribution is 8.00. The lowest BCUT2D eigenvalue weighted by molar-refractivity contribution is 0.461. The molecule has 0 aliphatic carbocycles. The largest absolute Gasteiger partial charge is 0.505 e. The Morgan fingerprint density at radius 2 is 2.06 bits per heavy atom. The van der Waals surface area contributed by atoms with Gasteiger partial charge in [0.2, 0.25) is 0 Å². The molecule has 3 rings (SSSR count). The van der Waals surface area contributed by atoms with E-state index in [-0.39, 0.29) is 17.0 Å². The second-order valence-corrected chi connectivity index (χ2v) is 5.50. The fourth-order valence-corrected chi connectivity index (χ4v) is 3.42. The van der Waals surface area contributed by atoms with E-state index in [1.165, 1.54) is 11.8 Å². The third-order valence-corrected chi connectivity index (χ3v) is 4.19. The molecule has 1 unspecified atom stereocenters. The van der Waals surface area contributed by atoms with Crippen molar-refractivity contribution in [1.29, 1.82) is 0 Å². The van der Waals surface area contributed by atoms with Crippen LogP contribution >= 0.6 is 23.1 Å². The van der Waals surface area contributed by atoms with E-state index in [1.54, 1.807) is 0 Å². The molecule has 0 radical (unpaired) electrons. The van der Waals surface area contributed by atoms with Crippen LogP contribution in [0.15, 0.2) is 4.90 Å². The van der Waals surface area contributed by atoms with E-state index in [0.29, 0.717) is 25.9 Å². The van der Waals surface area contributed by atoms with Gasteiger partial charge in [0.25, 0.3) is 0 Å². The number of nitrogens with two attached hydrogens (primary N) is 2. The van der Waals surface area contributed by atoms with Crippen LogP contribution in [-0.2, 0) is 0 Å². The molecular formula is C8H8N4O2S2. The molecule has 1 atom stereocenters. The minimum atomic E-state index is -0.374. The summed E-state index contributed by atoms with van der Waals surface area (Å²) in [4.78, 5) is 4.52. The number of phenolic OH excluding ortho intramolecular Hbond substituents is 2. The number of fused-ring (bicyclic) bond motifs is 2. The number of aromatic hydroxyl groups is 2. The predicted octanol–water partition coefficient (Wildman–Crippen LogP) is 1.05. The SMILES string of the molecule is Nc1nc2c(O)c3c(c(O)c2s1)SC(N)N3. The molecule has 0 fully saturated rings. The van der Waals surface area contributed by atoms with E-state index in [2.05, 4.69) is 10.3 Å². The molecule has 2 heterocycles. The van der Waals surface area contributed by atoms with Crippen molar-refractivity contribution in [2.45, 2.75) is 10.4 Å². The fraction of sp³-hybridized carbons (Fsp3) is 0.125. The highest BCUT2D eigenvalue weighted by atomic mass is 32.2. The first-order valence-corrected chi connectivity index (χ1v) is 6.10. The molecule has 0 bridgehead atoms. The van der Waals surface area contributed by atoms with Crippen LogP contribution in [0.4, 0.5) is 10.8 Å². The van der Waals surface area contributed by atoms with Crippen LogP contribution in [0.5, 0.6) is 11.5 Å². The number of nitrogen functional groups attached to an aromatic ring is 1. The van der Waals surface area contributed by atoms with Gasteiger partial charge in [-0.25, -0.2) is 4.98 Å². The van der Waals surface area contributed by atoms with Crippen LogP contribution in [-0.4, -0.2) is 20.7 Å². The summed E-state index contributed by atoms with van der Waals surface area (Å²) in [5, 5.41) is 23.2. The molecule has 2 aromatic rings. The lowest BCUT2D eigenvalue weighted by Crippen LogP contribution is -2.20. The van der Waals surface area contributed by atoms with Gasteiger partial charge in [0.15, 0.2) is 16.6 Å². The Labute approximate surface area is 98.3 Å². The van der Waals surface area contributed by atoms with Crippen LogP contribution in [0.25, 0.3) is 10.2 Å². The molecule has 0 saturated heterocycles. The van der Waals surface area contributed by atoms with E-state index >= 15 is 0 Å². The minimum absolute atomic E-state index is 0.0174. The van der Waals surface area contributed by atoms with Crippen LogP contribution in [0.1, 0.15) is 0 Å². The van der Waals surface area contributed by atoms with Gasteiger partial charge in [0.1, 0.15) is 15.7 Å². The lowest BCUT2D eigenvalue weighted by atomic mass is 10.2. The predicted molar refractivity (Wildman–Crippen MR) is 64.8 cm³/mol. The number of aromatic nitrogens is 1. The summed E-state index contributed by atoms with van der Waals surface area (Å²) in [5.74, 6) is 0.0543. The zero-order chi connectivity index (χ0) is 11.4. The molecule has 8 heteroatoms. The summed E-state index contributed by atoms with van der Waals surface area (Å²) in [6, 6.07) is 0. The first-order valence-electron chi connectivity index (χ1n) is 4.40. The summed E-state index contributed by atoms with van der Waals surface area (Å²) >= 11 is 2.39. The second kappa shape index (κ2) is 3.06. The van der Waals surface area contributed by atoms with Crippen molar-refractivity contribution < 1.29 is 10.2 Å². The molecule has 7 N–H and O–H groups in total. The van der Waals surface area contributed by atoms with Gasteiger partial charge >= 0.3 is 0 Å². The Balaban J connectivity index is 2.41. The molecular weight excluding hydrogens is 248 g/mol. The van der Waals surface area contributed by atoms with Crippen LogP contribution in [0.3, 0.4) is 0 Å². The fourth-order valence-electron chi connectivity index (χ4n) is 1.65. The van der Waals surface area contributed by atoms with Crippen molar-refractivity contribution >= 4 is 44.1 Å². The maximum atomic E-state index is 10.0. The van der Waals surface area contributed by atoms with E-state index in [4.69, 9.17) is 11.5 Å². The van der Waals surface area contributed by atoms with Crippen LogP contribution in [0.2, 0.25) is 0 Å². The van der Waals surface area contributed by atoms with E-state index in [9.17, 15) is 10.2 Å². The van der Waals surface area contributed by atoms with Crippen LogP contribution in [0, 0.1) is 0 Å². The standard InChI is InChI=1S/C8H8N4O2S2/c9-7-11-1-3(13)2-6(16-8(10)12-2)4(14)5(1)15-7/h7,11,13-14H,9H2,(H2,10,12). The summed E-state index contributed by atoms with van der Waals surface area (Å²) in [6.07, 6.45) is 0. The van der Waals surface area contributed by atoms with Crippen molar-refractivity contribution in [3.8, 4) is 11.5 Å². The molecule has 1 aliphatic rings. The quantitative estimate of drug-likeness (QED) is 0.353. The Morgan fingerprint density at radius 1 is 1.31 bits per heavy atom. The van der Waals surface area contributed by atoms with Gasteiger partial charge in [-0.05, 0) is 0 Å². The number of rotatable bonds is 0. The van der Waals surface area contributed by atoms with Gasteiger partial charge in [-0.15, -0.1) is 0 Å². The Hall–Kier alpha value is -1.38. The molecule has 1 aromatic heterocycles. The monoisotopic (exact) mass is 256 g/mol. The van der Waals surface area contributed by atoms with Crippen molar-refractivity contribution in [1.82, 2.24) is 4.98 Å². The number of hydrogen-bond donors (Lipinski definition) is 5. The summed E-state index contributed by atoms with van der Waals surface area (Å²) in [6.45, 7) is 0. The third kappa shape index (κ3) is 1.14. The van der Waals surface area contributed by atoms with Gasteiger partial charge in [-0.1, -0.05) is 23.1 Å². The van der Waals surface area contributed by atoms with Gasteiger partial charge in [0.05, 0.1) is 10.6 Å². The second-order valence-electron chi connectivity index (χ2n) is 3.31. The number of nitrogens with zero attached hydrogens (tertiary/aromatic N) is 1. The summed E-state index contributed by atoms with van der Waals surface area (Å²) < 4.78 is 0.483. The smallest absolute Gasteiger partial charge is 0.181 e.